The second-order valence-electron chi connectivity index (χ2n) is 6.34. The molecule has 2 rings (SSSR count). The minimum absolute atomic E-state index is 0.241. The summed E-state index contributed by atoms with van der Waals surface area (Å²) >= 11 is 0. The maximum atomic E-state index is 5.83. The van der Waals surface area contributed by atoms with Crippen LogP contribution in [0.4, 0.5) is 0 Å². The van der Waals surface area contributed by atoms with Crippen LogP contribution in [0.2, 0.25) is 0 Å². The van der Waals surface area contributed by atoms with Gasteiger partial charge in [-0.3, -0.25) is 0 Å². The average Bonchev–Trinajstić information content (AvgIpc) is 2.77. The summed E-state index contributed by atoms with van der Waals surface area (Å²) in [4.78, 5) is 0. The van der Waals surface area contributed by atoms with Gasteiger partial charge in [0.25, 0.3) is 0 Å². The Labute approximate surface area is 123 Å². The molecule has 0 aromatic heterocycles. The molecule has 0 amide bonds. The lowest BCUT2D eigenvalue weighted by Crippen LogP contribution is -2.32. The van der Waals surface area contributed by atoms with Crippen LogP contribution in [0.3, 0.4) is 0 Å². The molecule has 2 heteroatoms. The van der Waals surface area contributed by atoms with E-state index in [-0.39, 0.29) is 6.10 Å². The molecule has 1 aliphatic carbocycles. The van der Waals surface area contributed by atoms with E-state index in [1.807, 2.05) is 0 Å². The molecule has 0 spiro atoms. The highest BCUT2D eigenvalue weighted by Crippen LogP contribution is 2.40. The Morgan fingerprint density at radius 3 is 2.80 bits per heavy atom. The Morgan fingerprint density at radius 1 is 1.30 bits per heavy atom. The Morgan fingerprint density at radius 2 is 2.10 bits per heavy atom. The summed E-state index contributed by atoms with van der Waals surface area (Å²) in [6, 6.07) is 9.37. The first-order valence-electron chi connectivity index (χ1n) is 8.11. The van der Waals surface area contributed by atoms with Gasteiger partial charge in [-0.05, 0) is 69.2 Å². The Hall–Kier alpha value is -1.02. The van der Waals surface area contributed by atoms with Crippen LogP contribution in [-0.2, 0) is 0 Å². The topological polar surface area (TPSA) is 21.3 Å². The number of nitrogens with one attached hydrogen (secondary N) is 1. The van der Waals surface area contributed by atoms with Crippen molar-refractivity contribution in [2.75, 3.05) is 6.54 Å². The lowest BCUT2D eigenvalue weighted by molar-refractivity contribution is 0.242. The summed E-state index contributed by atoms with van der Waals surface area (Å²) in [6.45, 7) is 9.92. The summed E-state index contributed by atoms with van der Waals surface area (Å²) in [6.07, 6.45) is 4.03. The molecule has 3 unspecified atom stereocenters. The summed E-state index contributed by atoms with van der Waals surface area (Å²) in [7, 11) is 0. The van der Waals surface area contributed by atoms with Gasteiger partial charge in [0.2, 0.25) is 0 Å². The van der Waals surface area contributed by atoms with Crippen LogP contribution in [0.15, 0.2) is 24.3 Å². The fraction of sp³-hybridized carbons (Fsp3) is 0.667. The number of benzene rings is 1. The number of ether oxygens (including phenoxy) is 1. The maximum Gasteiger partial charge on any atom is 0.119 e. The second-order valence-corrected chi connectivity index (χ2v) is 6.34. The van der Waals surface area contributed by atoms with Crippen molar-refractivity contribution in [2.45, 2.75) is 65.0 Å². The number of rotatable bonds is 6. The molecule has 112 valence electrons. The van der Waals surface area contributed by atoms with Crippen molar-refractivity contribution in [3.05, 3.63) is 29.8 Å². The van der Waals surface area contributed by atoms with E-state index < -0.39 is 0 Å². The fourth-order valence-electron chi connectivity index (χ4n) is 3.34. The first kappa shape index (κ1) is 15.4. The molecule has 0 heterocycles. The van der Waals surface area contributed by atoms with E-state index in [1.165, 1.54) is 24.8 Å². The quantitative estimate of drug-likeness (QED) is 0.833. The van der Waals surface area contributed by atoms with Gasteiger partial charge in [0, 0.05) is 6.04 Å². The normalized spacial score (nSPS) is 26.1. The summed E-state index contributed by atoms with van der Waals surface area (Å²) < 4.78 is 5.83. The van der Waals surface area contributed by atoms with Crippen LogP contribution in [-0.4, -0.2) is 18.7 Å². The smallest absolute Gasteiger partial charge is 0.119 e. The third kappa shape index (κ3) is 3.76. The van der Waals surface area contributed by atoms with Crippen molar-refractivity contribution in [3.8, 4) is 5.75 Å². The monoisotopic (exact) mass is 275 g/mol. The zero-order valence-electron chi connectivity index (χ0n) is 13.4. The lowest BCUT2D eigenvalue weighted by Gasteiger charge is -2.22. The fourth-order valence-corrected chi connectivity index (χ4v) is 3.34. The molecule has 0 bridgehead atoms. The van der Waals surface area contributed by atoms with E-state index in [0.29, 0.717) is 17.9 Å². The van der Waals surface area contributed by atoms with Crippen LogP contribution in [0, 0.1) is 5.92 Å². The lowest BCUT2D eigenvalue weighted by atomic mass is 9.89. The van der Waals surface area contributed by atoms with E-state index >= 15 is 0 Å². The first-order chi connectivity index (χ1) is 9.61. The van der Waals surface area contributed by atoms with Crippen LogP contribution in [0.25, 0.3) is 0 Å². The van der Waals surface area contributed by atoms with Gasteiger partial charge in [-0.15, -0.1) is 0 Å². The van der Waals surface area contributed by atoms with Gasteiger partial charge in [0.05, 0.1) is 6.10 Å². The molecule has 2 nitrogen and oxygen atoms in total. The number of hydrogen-bond acceptors (Lipinski definition) is 2. The van der Waals surface area contributed by atoms with Crippen molar-refractivity contribution in [2.24, 2.45) is 5.92 Å². The molecule has 1 aromatic carbocycles. The van der Waals surface area contributed by atoms with Gasteiger partial charge in [-0.2, -0.15) is 0 Å². The van der Waals surface area contributed by atoms with Crippen LogP contribution in [0.1, 0.15) is 58.4 Å². The van der Waals surface area contributed by atoms with Crippen molar-refractivity contribution in [1.29, 1.82) is 0 Å². The van der Waals surface area contributed by atoms with Crippen molar-refractivity contribution < 1.29 is 4.74 Å². The van der Waals surface area contributed by atoms with Gasteiger partial charge >= 0.3 is 0 Å². The van der Waals surface area contributed by atoms with Gasteiger partial charge in [0.1, 0.15) is 5.75 Å². The van der Waals surface area contributed by atoms with Crippen LogP contribution < -0.4 is 10.1 Å². The summed E-state index contributed by atoms with van der Waals surface area (Å²) in [5.74, 6) is 2.38. The highest BCUT2D eigenvalue weighted by atomic mass is 16.5. The molecular formula is C18H29NO. The molecular weight excluding hydrogens is 246 g/mol. The SMILES string of the molecule is CCCNC1CCC(c2cccc(OC(C)C)c2)C1C. The molecule has 1 saturated carbocycles. The van der Waals surface area contributed by atoms with Gasteiger partial charge < -0.3 is 10.1 Å². The van der Waals surface area contributed by atoms with Crippen molar-refractivity contribution >= 4 is 0 Å². The number of hydrogen-bond donors (Lipinski definition) is 1. The third-order valence-electron chi connectivity index (χ3n) is 4.37. The van der Waals surface area contributed by atoms with Crippen LogP contribution in [0.5, 0.6) is 5.75 Å². The largest absolute Gasteiger partial charge is 0.491 e. The van der Waals surface area contributed by atoms with E-state index in [1.54, 1.807) is 0 Å². The molecule has 0 aliphatic heterocycles. The summed E-state index contributed by atoms with van der Waals surface area (Å²) in [5.41, 5.74) is 1.44. The minimum atomic E-state index is 0.241. The zero-order valence-corrected chi connectivity index (χ0v) is 13.4. The third-order valence-corrected chi connectivity index (χ3v) is 4.37. The van der Waals surface area contributed by atoms with Gasteiger partial charge in [0.15, 0.2) is 0 Å². The van der Waals surface area contributed by atoms with E-state index in [0.717, 1.165) is 12.3 Å². The molecule has 1 aromatic rings. The average molecular weight is 275 g/mol. The Bertz CT molecular complexity index is 416. The second kappa shape index (κ2) is 7.12. The van der Waals surface area contributed by atoms with Gasteiger partial charge in [-0.25, -0.2) is 0 Å². The predicted octanol–water partition coefficient (Wildman–Crippen LogP) is 4.36. The zero-order chi connectivity index (χ0) is 14.5. The standard InChI is InChI=1S/C18H29NO/c1-5-11-19-18-10-9-17(14(18)4)15-7-6-8-16(12-15)20-13(2)3/h6-8,12-14,17-19H,5,9-11H2,1-4H3. The highest BCUT2D eigenvalue weighted by Gasteiger charge is 2.33. The molecule has 1 N–H and O–H groups in total. The van der Waals surface area contributed by atoms with E-state index in [2.05, 4.69) is 57.3 Å². The highest BCUT2D eigenvalue weighted by molar-refractivity contribution is 5.32. The molecule has 1 aliphatic rings. The van der Waals surface area contributed by atoms with Gasteiger partial charge in [-0.1, -0.05) is 26.0 Å². The summed E-state index contributed by atoms with van der Waals surface area (Å²) in [5, 5.41) is 3.70. The van der Waals surface area contributed by atoms with Crippen molar-refractivity contribution in [1.82, 2.24) is 5.32 Å². The van der Waals surface area contributed by atoms with E-state index in [9.17, 15) is 0 Å². The Balaban J connectivity index is 2.04. The molecule has 1 fully saturated rings. The predicted molar refractivity (Wildman–Crippen MR) is 85.4 cm³/mol. The maximum absolute atomic E-state index is 5.83. The Kier molecular flexibility index (Phi) is 5.47. The van der Waals surface area contributed by atoms with Crippen molar-refractivity contribution in [3.63, 3.8) is 0 Å². The van der Waals surface area contributed by atoms with Crippen LogP contribution >= 0.6 is 0 Å². The minimum Gasteiger partial charge on any atom is -0.491 e. The van der Waals surface area contributed by atoms with E-state index in [4.69, 9.17) is 4.74 Å². The molecule has 0 saturated heterocycles. The molecule has 3 atom stereocenters. The first-order valence-corrected chi connectivity index (χ1v) is 8.11. The molecule has 0 radical (unpaired) electrons. The molecule has 20 heavy (non-hydrogen) atoms.